The fourth-order valence-electron chi connectivity index (χ4n) is 1.74. The molecule has 2 aliphatic rings. The Morgan fingerprint density at radius 1 is 1.50 bits per heavy atom. The van der Waals surface area contributed by atoms with E-state index in [2.05, 4.69) is 5.92 Å². The van der Waals surface area contributed by atoms with Crippen molar-refractivity contribution in [3.63, 3.8) is 0 Å². The van der Waals surface area contributed by atoms with Crippen LogP contribution >= 0.6 is 0 Å². The number of ether oxygens (including phenoxy) is 4. The molecule has 0 N–H and O–H groups in total. The highest BCUT2D eigenvalue weighted by Gasteiger charge is 2.38. The Kier molecular flexibility index (Phi) is 3.31. The van der Waals surface area contributed by atoms with Gasteiger partial charge in [-0.3, -0.25) is 0 Å². The summed E-state index contributed by atoms with van der Waals surface area (Å²) in [6.45, 7) is 4.51. The van der Waals surface area contributed by atoms with Crippen molar-refractivity contribution < 1.29 is 18.9 Å². The molecule has 0 aliphatic carbocycles. The zero-order chi connectivity index (χ0) is 11.6. The second kappa shape index (κ2) is 4.56. The van der Waals surface area contributed by atoms with Crippen molar-refractivity contribution in [1.29, 1.82) is 0 Å². The topological polar surface area (TPSA) is 36.9 Å². The molecule has 0 radical (unpaired) electrons. The van der Waals surface area contributed by atoms with Crippen LogP contribution in [-0.4, -0.2) is 37.5 Å². The third-order valence-corrected chi connectivity index (χ3v) is 2.48. The van der Waals surface area contributed by atoms with Gasteiger partial charge in [0.1, 0.15) is 18.8 Å². The Morgan fingerprint density at radius 2 is 2.31 bits per heavy atom. The van der Waals surface area contributed by atoms with Crippen LogP contribution in [0.3, 0.4) is 0 Å². The molecular formula is C12H16O4. The molecule has 2 rings (SSSR count). The zero-order valence-electron chi connectivity index (χ0n) is 9.51. The molecule has 4 heteroatoms. The number of fused-ring (bicyclic) bond motifs is 1. The molecular weight excluding hydrogens is 208 g/mol. The Bertz CT molecular complexity index is 315. The highest BCUT2D eigenvalue weighted by molar-refractivity contribution is 5.03. The molecule has 88 valence electrons. The summed E-state index contributed by atoms with van der Waals surface area (Å²) in [5.41, 5.74) is 0. The lowest BCUT2D eigenvalue weighted by Crippen LogP contribution is -2.51. The lowest BCUT2D eigenvalue weighted by molar-refractivity contribution is -0.318. The predicted octanol–water partition coefficient (Wildman–Crippen LogP) is 1.07. The smallest absolute Gasteiger partial charge is 0.178 e. The van der Waals surface area contributed by atoms with Gasteiger partial charge in [-0.1, -0.05) is 12.0 Å². The second-order valence-corrected chi connectivity index (χ2v) is 4.24. The standard InChI is InChI=1S/C12H16O4/c1-4-7-13-11-6-5-9-10(15-11)8-14-12(2,3)16-9/h1,5-6,9-11H,7-8H2,2-3H3/t9-,10+,11-/m0/s1. The molecule has 0 amide bonds. The van der Waals surface area contributed by atoms with E-state index in [0.29, 0.717) is 6.61 Å². The largest absolute Gasteiger partial charge is 0.348 e. The van der Waals surface area contributed by atoms with Gasteiger partial charge >= 0.3 is 0 Å². The second-order valence-electron chi connectivity index (χ2n) is 4.24. The molecule has 0 bridgehead atoms. The number of hydrogen-bond donors (Lipinski definition) is 0. The Morgan fingerprint density at radius 3 is 3.06 bits per heavy atom. The number of hydrogen-bond acceptors (Lipinski definition) is 4. The van der Waals surface area contributed by atoms with Crippen LogP contribution < -0.4 is 0 Å². The van der Waals surface area contributed by atoms with Gasteiger partial charge < -0.3 is 18.9 Å². The van der Waals surface area contributed by atoms with Crippen LogP contribution in [0.1, 0.15) is 13.8 Å². The van der Waals surface area contributed by atoms with Gasteiger partial charge in [-0.15, -0.1) is 6.42 Å². The van der Waals surface area contributed by atoms with Crippen LogP contribution in [0.5, 0.6) is 0 Å². The summed E-state index contributed by atoms with van der Waals surface area (Å²) >= 11 is 0. The summed E-state index contributed by atoms with van der Waals surface area (Å²) in [5, 5.41) is 0. The van der Waals surface area contributed by atoms with Crippen molar-refractivity contribution in [2.45, 2.75) is 38.1 Å². The maximum atomic E-state index is 5.70. The maximum absolute atomic E-state index is 5.70. The van der Waals surface area contributed by atoms with Crippen molar-refractivity contribution in [1.82, 2.24) is 0 Å². The summed E-state index contributed by atoms with van der Waals surface area (Å²) < 4.78 is 22.1. The summed E-state index contributed by atoms with van der Waals surface area (Å²) in [4.78, 5) is 0. The molecule has 16 heavy (non-hydrogen) atoms. The highest BCUT2D eigenvalue weighted by atomic mass is 16.7. The lowest BCUT2D eigenvalue weighted by atomic mass is 10.1. The maximum Gasteiger partial charge on any atom is 0.178 e. The van der Waals surface area contributed by atoms with Crippen molar-refractivity contribution in [2.75, 3.05) is 13.2 Å². The highest BCUT2D eigenvalue weighted by Crippen LogP contribution is 2.28. The first-order valence-corrected chi connectivity index (χ1v) is 5.31. The van der Waals surface area contributed by atoms with Crippen LogP contribution in [0.4, 0.5) is 0 Å². The summed E-state index contributed by atoms with van der Waals surface area (Å²) in [6.07, 6.45) is 8.28. The number of terminal acetylenes is 1. The van der Waals surface area contributed by atoms with Gasteiger partial charge in [0, 0.05) is 0 Å². The zero-order valence-corrected chi connectivity index (χ0v) is 9.51. The van der Waals surface area contributed by atoms with Crippen molar-refractivity contribution in [3.8, 4) is 12.3 Å². The molecule has 4 nitrogen and oxygen atoms in total. The van der Waals surface area contributed by atoms with Gasteiger partial charge in [0.2, 0.25) is 0 Å². The SMILES string of the molecule is C#CCO[C@@H]1C=C[C@@H]2OC(C)(C)OC[C@H]2O1. The van der Waals surface area contributed by atoms with Crippen LogP contribution in [-0.2, 0) is 18.9 Å². The third-order valence-electron chi connectivity index (χ3n) is 2.48. The average molecular weight is 224 g/mol. The van der Waals surface area contributed by atoms with E-state index in [9.17, 15) is 0 Å². The van der Waals surface area contributed by atoms with Crippen molar-refractivity contribution in [3.05, 3.63) is 12.2 Å². The molecule has 3 atom stereocenters. The van der Waals surface area contributed by atoms with Crippen molar-refractivity contribution >= 4 is 0 Å². The van der Waals surface area contributed by atoms with Crippen LogP contribution in [0.15, 0.2) is 12.2 Å². The van der Waals surface area contributed by atoms with Crippen LogP contribution in [0.2, 0.25) is 0 Å². The first-order valence-electron chi connectivity index (χ1n) is 5.31. The molecule has 1 saturated heterocycles. The molecule has 0 aromatic heterocycles. The Balaban J connectivity index is 1.95. The van der Waals surface area contributed by atoms with Crippen molar-refractivity contribution in [2.24, 2.45) is 0 Å². The van der Waals surface area contributed by atoms with E-state index in [1.807, 2.05) is 26.0 Å². The van der Waals surface area contributed by atoms with E-state index < -0.39 is 12.1 Å². The van der Waals surface area contributed by atoms with Gasteiger partial charge in [0.25, 0.3) is 0 Å². The molecule has 0 aromatic carbocycles. The summed E-state index contributed by atoms with van der Waals surface area (Å²) in [6, 6.07) is 0. The van der Waals surface area contributed by atoms with Gasteiger partial charge in [0.15, 0.2) is 12.1 Å². The van der Waals surface area contributed by atoms with E-state index in [1.165, 1.54) is 0 Å². The predicted molar refractivity (Wildman–Crippen MR) is 57.5 cm³/mol. The van der Waals surface area contributed by atoms with E-state index >= 15 is 0 Å². The van der Waals surface area contributed by atoms with Crippen LogP contribution in [0, 0.1) is 12.3 Å². The average Bonchev–Trinajstić information content (AvgIpc) is 2.25. The molecule has 0 aromatic rings. The minimum atomic E-state index is -0.554. The summed E-state index contributed by atoms with van der Waals surface area (Å²) in [5.74, 6) is 1.85. The lowest BCUT2D eigenvalue weighted by Gasteiger charge is -2.42. The fourth-order valence-corrected chi connectivity index (χ4v) is 1.74. The summed E-state index contributed by atoms with van der Waals surface area (Å²) in [7, 11) is 0. The normalized spacial score (nSPS) is 36.4. The first-order chi connectivity index (χ1) is 7.61. The first kappa shape index (κ1) is 11.6. The fraction of sp³-hybridized carbons (Fsp3) is 0.667. The molecule has 0 saturated carbocycles. The van der Waals surface area contributed by atoms with E-state index in [1.54, 1.807) is 0 Å². The van der Waals surface area contributed by atoms with Gasteiger partial charge in [-0.25, -0.2) is 0 Å². The van der Waals surface area contributed by atoms with Gasteiger partial charge in [0.05, 0.1) is 6.61 Å². The molecule has 2 heterocycles. The van der Waals surface area contributed by atoms with Gasteiger partial charge in [-0.05, 0) is 19.9 Å². The molecule has 1 fully saturated rings. The minimum absolute atomic E-state index is 0.0746. The van der Waals surface area contributed by atoms with Crippen LogP contribution in [0.25, 0.3) is 0 Å². The monoisotopic (exact) mass is 224 g/mol. The quantitative estimate of drug-likeness (QED) is 0.519. The third kappa shape index (κ3) is 2.63. The van der Waals surface area contributed by atoms with Gasteiger partial charge in [-0.2, -0.15) is 0 Å². The Hall–Kier alpha value is -0.860. The number of rotatable bonds is 2. The van der Waals surface area contributed by atoms with E-state index in [-0.39, 0.29) is 18.8 Å². The molecule has 2 aliphatic heterocycles. The molecule has 0 unspecified atom stereocenters. The minimum Gasteiger partial charge on any atom is -0.348 e. The van der Waals surface area contributed by atoms with E-state index in [4.69, 9.17) is 25.4 Å². The molecule has 0 spiro atoms. The Labute approximate surface area is 95.5 Å². The van der Waals surface area contributed by atoms with E-state index in [0.717, 1.165) is 0 Å².